The van der Waals surface area contributed by atoms with Crippen LogP contribution in [-0.4, -0.2) is 24.4 Å². The van der Waals surface area contributed by atoms with Gasteiger partial charge in [-0.3, -0.25) is 4.72 Å². The predicted molar refractivity (Wildman–Crippen MR) is 45.6 cm³/mol. The minimum atomic E-state index is -4.69. The third-order valence-corrected chi connectivity index (χ3v) is 2.28. The molecule has 0 atom stereocenters. The van der Waals surface area contributed by atoms with Crippen LogP contribution in [-0.2, 0) is 10.0 Å². The Morgan fingerprint density at radius 3 is 2.43 bits per heavy atom. The summed E-state index contributed by atoms with van der Waals surface area (Å²) < 4.78 is 46.5. The van der Waals surface area contributed by atoms with Gasteiger partial charge in [0.05, 0.1) is 0 Å². The first-order chi connectivity index (χ1) is 6.42. The Labute approximate surface area is 83.1 Å². The van der Waals surface area contributed by atoms with Crippen molar-refractivity contribution in [2.45, 2.75) is 5.76 Å². The van der Waals surface area contributed by atoms with Gasteiger partial charge in [0.25, 0.3) is 10.0 Å². The molecule has 1 N–H and O–H groups in total. The van der Waals surface area contributed by atoms with Crippen LogP contribution in [0.2, 0.25) is 5.15 Å². The molecule has 0 aromatic carbocycles. The average Bonchev–Trinajstić information content (AvgIpc) is 2.08. The molecule has 1 rings (SSSR count). The van der Waals surface area contributed by atoms with Crippen molar-refractivity contribution in [3.8, 4) is 0 Å². The summed E-state index contributed by atoms with van der Waals surface area (Å²) in [6, 6.07) is 2.34. The summed E-state index contributed by atoms with van der Waals surface area (Å²) in [6.07, 6.45) is 0. The molecule has 9 heteroatoms. The van der Waals surface area contributed by atoms with Gasteiger partial charge in [0.2, 0.25) is 0 Å². The Morgan fingerprint density at radius 1 is 1.36 bits per heavy atom. The fraction of sp³-hybridized carbons (Fsp3) is 0.200. The summed E-state index contributed by atoms with van der Waals surface area (Å²) in [5, 5.41) is 6.54. The monoisotopic (exact) mass is 243 g/mol. The van der Waals surface area contributed by atoms with Crippen molar-refractivity contribution in [1.29, 1.82) is 0 Å². The number of hydrogen-bond acceptors (Lipinski definition) is 4. The number of aromatic nitrogens is 2. The Kier molecular flexibility index (Phi) is 3.17. The lowest BCUT2D eigenvalue weighted by Crippen LogP contribution is -2.21. The molecule has 0 radical (unpaired) electrons. The third-order valence-electron chi connectivity index (χ3n) is 1.11. The maximum Gasteiger partial charge on any atom is 0.355 e. The number of alkyl halides is 2. The number of sulfonamides is 1. The lowest BCUT2D eigenvalue weighted by atomic mass is 10.5. The van der Waals surface area contributed by atoms with Crippen molar-refractivity contribution in [1.82, 2.24) is 10.2 Å². The SMILES string of the molecule is O=S(=O)(Nc1ccc(Cl)nn1)C(F)F. The minimum absolute atomic E-state index is 0.0324. The highest BCUT2D eigenvalue weighted by atomic mass is 35.5. The molecular weight excluding hydrogens is 240 g/mol. The van der Waals surface area contributed by atoms with Gasteiger partial charge in [-0.05, 0) is 12.1 Å². The first kappa shape index (κ1) is 11.1. The molecule has 0 fully saturated rings. The number of nitrogens with one attached hydrogen (secondary N) is 1. The van der Waals surface area contributed by atoms with Gasteiger partial charge in [-0.2, -0.15) is 8.78 Å². The summed E-state index contributed by atoms with van der Waals surface area (Å²) in [5.74, 6) is -3.82. The van der Waals surface area contributed by atoms with E-state index in [0.29, 0.717) is 0 Å². The Morgan fingerprint density at radius 2 is 2.00 bits per heavy atom. The zero-order valence-electron chi connectivity index (χ0n) is 6.49. The van der Waals surface area contributed by atoms with E-state index in [1.54, 1.807) is 0 Å². The maximum absolute atomic E-state index is 11.9. The molecule has 5 nitrogen and oxygen atoms in total. The Bertz CT molecular complexity index is 407. The second kappa shape index (κ2) is 4.01. The number of hydrogen-bond donors (Lipinski definition) is 1. The smallest absolute Gasteiger partial charge is 0.261 e. The van der Waals surface area contributed by atoms with Crippen LogP contribution in [0.1, 0.15) is 0 Å². The second-order valence-electron chi connectivity index (χ2n) is 2.15. The van der Waals surface area contributed by atoms with Crippen molar-refractivity contribution in [3.63, 3.8) is 0 Å². The standard InChI is InChI=1S/C5H4ClF2N3O2S/c6-3-1-2-4(10-9-3)11-14(12,13)5(7)8/h1-2,5H,(H,10,11). The molecule has 1 aromatic heterocycles. The van der Waals surface area contributed by atoms with Gasteiger partial charge in [0.15, 0.2) is 11.0 Å². The van der Waals surface area contributed by atoms with Gasteiger partial charge in [-0.25, -0.2) is 8.42 Å². The summed E-state index contributed by atoms with van der Waals surface area (Å²) in [5.41, 5.74) is 0. The number of nitrogens with zero attached hydrogens (tertiary/aromatic N) is 2. The van der Waals surface area contributed by atoms with E-state index in [4.69, 9.17) is 11.6 Å². The molecule has 0 bridgehead atoms. The van der Waals surface area contributed by atoms with Gasteiger partial charge < -0.3 is 0 Å². The van der Waals surface area contributed by atoms with E-state index in [0.717, 1.165) is 6.07 Å². The molecule has 0 aliphatic heterocycles. The molecule has 0 spiro atoms. The second-order valence-corrected chi connectivity index (χ2v) is 4.19. The zero-order chi connectivity index (χ0) is 10.8. The van der Waals surface area contributed by atoms with Crippen LogP contribution in [0.3, 0.4) is 0 Å². The quantitative estimate of drug-likeness (QED) is 0.863. The summed E-state index contributed by atoms with van der Waals surface area (Å²) >= 11 is 5.35. The Balaban J connectivity index is 2.85. The van der Waals surface area contributed by atoms with E-state index in [2.05, 4.69) is 10.2 Å². The van der Waals surface area contributed by atoms with Crippen LogP contribution in [0.4, 0.5) is 14.6 Å². The molecule has 0 aliphatic carbocycles. The van der Waals surface area contributed by atoms with E-state index in [-0.39, 0.29) is 11.0 Å². The van der Waals surface area contributed by atoms with Crippen molar-refractivity contribution in [3.05, 3.63) is 17.3 Å². The molecule has 0 saturated carbocycles. The topological polar surface area (TPSA) is 72.0 Å². The number of rotatable bonds is 3. The van der Waals surface area contributed by atoms with Crippen LogP contribution >= 0.6 is 11.6 Å². The normalized spacial score (nSPS) is 11.7. The maximum atomic E-state index is 11.9. The van der Waals surface area contributed by atoms with Crippen LogP contribution in [0.15, 0.2) is 12.1 Å². The molecule has 1 aromatic rings. The van der Waals surface area contributed by atoms with E-state index in [1.807, 2.05) is 0 Å². The molecule has 0 saturated heterocycles. The Hall–Kier alpha value is -1.02. The fourth-order valence-corrected chi connectivity index (χ4v) is 1.15. The van der Waals surface area contributed by atoms with Crippen LogP contribution in [0.25, 0.3) is 0 Å². The molecule has 0 amide bonds. The largest absolute Gasteiger partial charge is 0.355 e. The lowest BCUT2D eigenvalue weighted by Gasteiger charge is -2.04. The van der Waals surface area contributed by atoms with E-state index < -0.39 is 15.8 Å². The highest BCUT2D eigenvalue weighted by Crippen LogP contribution is 2.11. The first-order valence-electron chi connectivity index (χ1n) is 3.21. The highest BCUT2D eigenvalue weighted by Gasteiger charge is 2.24. The van der Waals surface area contributed by atoms with E-state index in [1.165, 1.54) is 10.8 Å². The minimum Gasteiger partial charge on any atom is -0.261 e. The average molecular weight is 244 g/mol. The predicted octanol–water partition coefficient (Wildman–Crippen LogP) is 1.09. The molecule has 0 unspecified atom stereocenters. The van der Waals surface area contributed by atoms with Crippen LogP contribution in [0, 0.1) is 0 Å². The molecule has 14 heavy (non-hydrogen) atoms. The molecule has 0 aliphatic rings. The molecule has 1 heterocycles. The van der Waals surface area contributed by atoms with Gasteiger partial charge in [-0.15, -0.1) is 10.2 Å². The van der Waals surface area contributed by atoms with Gasteiger partial charge in [-0.1, -0.05) is 11.6 Å². The molecule has 78 valence electrons. The van der Waals surface area contributed by atoms with Gasteiger partial charge >= 0.3 is 5.76 Å². The van der Waals surface area contributed by atoms with Gasteiger partial charge in [0.1, 0.15) is 0 Å². The summed E-state index contributed by atoms with van der Waals surface area (Å²) in [7, 11) is -4.69. The van der Waals surface area contributed by atoms with Crippen molar-refractivity contribution in [2.24, 2.45) is 0 Å². The third kappa shape index (κ3) is 2.74. The zero-order valence-corrected chi connectivity index (χ0v) is 8.06. The first-order valence-corrected chi connectivity index (χ1v) is 5.13. The van der Waals surface area contributed by atoms with Crippen LogP contribution in [0.5, 0.6) is 0 Å². The van der Waals surface area contributed by atoms with Crippen LogP contribution < -0.4 is 4.72 Å². The number of halogens is 3. The summed E-state index contributed by atoms with van der Waals surface area (Å²) in [6.45, 7) is 0. The highest BCUT2D eigenvalue weighted by molar-refractivity contribution is 7.92. The van der Waals surface area contributed by atoms with Gasteiger partial charge in [0, 0.05) is 0 Å². The number of anilines is 1. The van der Waals surface area contributed by atoms with Crippen molar-refractivity contribution < 1.29 is 17.2 Å². The van der Waals surface area contributed by atoms with Crippen molar-refractivity contribution in [2.75, 3.05) is 4.72 Å². The van der Waals surface area contributed by atoms with E-state index >= 15 is 0 Å². The van der Waals surface area contributed by atoms with Crippen molar-refractivity contribution >= 4 is 27.4 Å². The molecular formula is C5H4ClF2N3O2S. The van der Waals surface area contributed by atoms with E-state index in [9.17, 15) is 17.2 Å². The summed E-state index contributed by atoms with van der Waals surface area (Å²) in [4.78, 5) is 0. The fourth-order valence-electron chi connectivity index (χ4n) is 0.561. The lowest BCUT2D eigenvalue weighted by molar-refractivity contribution is 0.236.